The van der Waals surface area contributed by atoms with E-state index in [4.69, 9.17) is 16.3 Å². The summed E-state index contributed by atoms with van der Waals surface area (Å²) in [6.07, 6.45) is 1.04. The molecule has 130 valence electrons. The molecule has 0 radical (unpaired) electrons. The fraction of sp³-hybridized carbons (Fsp3) is 0.353. The summed E-state index contributed by atoms with van der Waals surface area (Å²) in [4.78, 5) is 24.2. The quantitative estimate of drug-likeness (QED) is 0.730. The molecule has 6 nitrogen and oxygen atoms in total. The van der Waals surface area contributed by atoms with Gasteiger partial charge in [0.1, 0.15) is 5.69 Å². The lowest BCUT2D eigenvalue weighted by Gasteiger charge is -2.33. The Balaban J connectivity index is 1.84. The molecule has 1 aromatic heterocycles. The van der Waals surface area contributed by atoms with E-state index in [1.165, 1.54) is 0 Å². The van der Waals surface area contributed by atoms with Gasteiger partial charge in [0, 0.05) is 19.2 Å². The normalized spacial score (nSPS) is 22.6. The SMILES string of the molecule is CN1CC2(C)OCCN2C(=O)c2ccc(-c3nc(Cl)ncc3F)cc21. The van der Waals surface area contributed by atoms with Crippen LogP contribution in [-0.2, 0) is 4.74 Å². The Morgan fingerprint density at radius 1 is 1.40 bits per heavy atom. The van der Waals surface area contributed by atoms with Crippen LogP contribution in [0.4, 0.5) is 10.1 Å². The van der Waals surface area contributed by atoms with Crippen molar-refractivity contribution >= 4 is 23.2 Å². The standard InChI is InChI=1S/C17H16ClFN4O2/c1-17-9-22(2)13-7-10(14-12(19)8-20-16(18)21-14)3-4-11(13)15(24)23(17)5-6-25-17/h3-4,7-8H,5-6,9H2,1-2H3. The summed E-state index contributed by atoms with van der Waals surface area (Å²) < 4.78 is 19.9. The number of hydrogen-bond donors (Lipinski definition) is 0. The molecule has 1 amide bonds. The fourth-order valence-corrected chi connectivity index (χ4v) is 3.65. The number of nitrogens with zero attached hydrogens (tertiary/aromatic N) is 4. The molecule has 1 fully saturated rings. The summed E-state index contributed by atoms with van der Waals surface area (Å²) in [5.41, 5.74) is 1.23. The van der Waals surface area contributed by atoms with Gasteiger partial charge in [0.25, 0.3) is 5.91 Å². The van der Waals surface area contributed by atoms with Crippen molar-refractivity contribution in [3.63, 3.8) is 0 Å². The van der Waals surface area contributed by atoms with E-state index in [1.54, 1.807) is 23.1 Å². The second-order valence-electron chi connectivity index (χ2n) is 6.40. The van der Waals surface area contributed by atoms with Crippen LogP contribution in [-0.4, -0.2) is 53.2 Å². The van der Waals surface area contributed by atoms with Gasteiger partial charge in [-0.15, -0.1) is 0 Å². The maximum absolute atomic E-state index is 14.1. The minimum absolute atomic E-state index is 0.0303. The van der Waals surface area contributed by atoms with E-state index in [0.717, 1.165) is 6.20 Å². The van der Waals surface area contributed by atoms with Crippen molar-refractivity contribution in [2.45, 2.75) is 12.6 Å². The lowest BCUT2D eigenvalue weighted by Crippen LogP contribution is -2.50. The zero-order chi connectivity index (χ0) is 17.8. The Morgan fingerprint density at radius 3 is 3.00 bits per heavy atom. The van der Waals surface area contributed by atoms with Crippen molar-refractivity contribution in [1.29, 1.82) is 0 Å². The highest BCUT2D eigenvalue weighted by Gasteiger charge is 2.45. The van der Waals surface area contributed by atoms with Gasteiger partial charge in [-0.05, 0) is 30.7 Å². The van der Waals surface area contributed by atoms with Crippen LogP contribution in [0.3, 0.4) is 0 Å². The molecule has 2 aromatic rings. The van der Waals surface area contributed by atoms with Crippen LogP contribution in [0, 0.1) is 5.82 Å². The maximum atomic E-state index is 14.1. The summed E-state index contributed by atoms with van der Waals surface area (Å²) in [7, 11) is 1.88. The lowest BCUT2D eigenvalue weighted by atomic mass is 10.0. The minimum Gasteiger partial charge on any atom is -0.369 e. The number of likely N-dealkylation sites (N-methyl/N-ethyl adjacent to an activating group) is 1. The van der Waals surface area contributed by atoms with Crippen LogP contribution in [0.5, 0.6) is 0 Å². The zero-order valence-electron chi connectivity index (χ0n) is 13.8. The highest BCUT2D eigenvalue weighted by Crippen LogP contribution is 2.36. The Bertz CT molecular complexity index is 878. The number of ether oxygens (including phenoxy) is 1. The second kappa shape index (κ2) is 5.64. The first-order valence-corrected chi connectivity index (χ1v) is 8.26. The number of halogens is 2. The van der Waals surface area contributed by atoms with E-state index in [1.807, 2.05) is 18.9 Å². The Labute approximate surface area is 149 Å². The molecule has 25 heavy (non-hydrogen) atoms. The molecular formula is C17H16ClFN4O2. The van der Waals surface area contributed by atoms with Crippen LogP contribution < -0.4 is 4.90 Å². The van der Waals surface area contributed by atoms with Crippen molar-refractivity contribution in [3.05, 3.63) is 41.1 Å². The van der Waals surface area contributed by atoms with E-state index < -0.39 is 11.5 Å². The van der Waals surface area contributed by atoms with Gasteiger partial charge in [-0.3, -0.25) is 4.79 Å². The highest BCUT2D eigenvalue weighted by molar-refractivity contribution is 6.28. The third-order valence-electron chi connectivity index (χ3n) is 4.70. The molecule has 4 rings (SSSR count). The molecule has 1 atom stereocenters. The molecule has 1 unspecified atom stereocenters. The molecule has 8 heteroatoms. The molecule has 1 aromatic carbocycles. The number of carbonyl (C=O) groups excluding carboxylic acids is 1. The van der Waals surface area contributed by atoms with Crippen molar-refractivity contribution < 1.29 is 13.9 Å². The Kier molecular flexibility index (Phi) is 3.66. The molecule has 0 N–H and O–H groups in total. The summed E-state index contributed by atoms with van der Waals surface area (Å²) in [5, 5.41) is -0.0303. The highest BCUT2D eigenvalue weighted by atomic mass is 35.5. The van der Waals surface area contributed by atoms with Crippen molar-refractivity contribution in [3.8, 4) is 11.3 Å². The topological polar surface area (TPSA) is 58.6 Å². The van der Waals surface area contributed by atoms with Gasteiger partial charge in [0.2, 0.25) is 5.28 Å². The first-order valence-electron chi connectivity index (χ1n) is 7.88. The number of benzene rings is 1. The average molecular weight is 363 g/mol. The van der Waals surface area contributed by atoms with Crippen LogP contribution in [0.2, 0.25) is 5.28 Å². The number of rotatable bonds is 1. The van der Waals surface area contributed by atoms with E-state index in [9.17, 15) is 9.18 Å². The molecule has 0 saturated carbocycles. The van der Waals surface area contributed by atoms with Gasteiger partial charge >= 0.3 is 0 Å². The van der Waals surface area contributed by atoms with Crippen molar-refractivity contribution in [2.24, 2.45) is 0 Å². The van der Waals surface area contributed by atoms with E-state index >= 15 is 0 Å². The van der Waals surface area contributed by atoms with E-state index in [2.05, 4.69) is 9.97 Å². The summed E-state index contributed by atoms with van der Waals surface area (Å²) in [6.45, 7) is 3.50. The van der Waals surface area contributed by atoms with Gasteiger partial charge in [-0.2, -0.15) is 0 Å². The summed E-state index contributed by atoms with van der Waals surface area (Å²) in [6, 6.07) is 5.12. The molecule has 1 saturated heterocycles. The lowest BCUT2D eigenvalue weighted by molar-refractivity contribution is -0.0444. The van der Waals surface area contributed by atoms with Crippen molar-refractivity contribution in [1.82, 2.24) is 14.9 Å². The van der Waals surface area contributed by atoms with Crippen LogP contribution >= 0.6 is 11.6 Å². The number of hydrogen-bond acceptors (Lipinski definition) is 5. The minimum atomic E-state index is -0.672. The van der Waals surface area contributed by atoms with Crippen LogP contribution in [0.15, 0.2) is 24.4 Å². The predicted octanol–water partition coefficient (Wildman–Crippen LogP) is 2.57. The number of anilines is 1. The zero-order valence-corrected chi connectivity index (χ0v) is 14.5. The molecule has 3 heterocycles. The molecule has 2 aliphatic heterocycles. The molecule has 0 spiro atoms. The van der Waals surface area contributed by atoms with Gasteiger partial charge in [-0.25, -0.2) is 14.4 Å². The number of fused-ring (bicyclic) bond motifs is 2. The molecular weight excluding hydrogens is 347 g/mol. The first kappa shape index (κ1) is 16.2. The molecule has 0 aliphatic carbocycles. The smallest absolute Gasteiger partial charge is 0.258 e. The molecule has 0 bridgehead atoms. The number of carbonyl (C=O) groups is 1. The Hall–Kier alpha value is -2.25. The summed E-state index contributed by atoms with van der Waals surface area (Å²) in [5.74, 6) is -0.657. The van der Waals surface area contributed by atoms with Crippen LogP contribution in [0.1, 0.15) is 17.3 Å². The van der Waals surface area contributed by atoms with Crippen molar-refractivity contribution in [2.75, 3.05) is 31.6 Å². The monoisotopic (exact) mass is 362 g/mol. The second-order valence-corrected chi connectivity index (χ2v) is 6.74. The summed E-state index contributed by atoms with van der Waals surface area (Å²) >= 11 is 5.79. The first-order chi connectivity index (χ1) is 11.9. The van der Waals surface area contributed by atoms with Gasteiger partial charge in [0.05, 0.1) is 30.6 Å². The third kappa shape index (κ3) is 2.54. The number of amides is 1. The van der Waals surface area contributed by atoms with Gasteiger partial charge in [0.15, 0.2) is 11.5 Å². The molecule has 2 aliphatic rings. The van der Waals surface area contributed by atoms with Gasteiger partial charge < -0.3 is 14.5 Å². The van der Waals surface area contributed by atoms with Gasteiger partial charge in [-0.1, -0.05) is 6.07 Å². The fourth-order valence-electron chi connectivity index (χ4n) is 3.51. The largest absolute Gasteiger partial charge is 0.369 e. The number of aromatic nitrogens is 2. The van der Waals surface area contributed by atoms with E-state index in [0.29, 0.717) is 36.5 Å². The van der Waals surface area contributed by atoms with E-state index in [-0.39, 0.29) is 16.9 Å². The average Bonchev–Trinajstić information content (AvgIpc) is 2.93. The van der Waals surface area contributed by atoms with Crippen LogP contribution in [0.25, 0.3) is 11.3 Å². The Morgan fingerprint density at radius 2 is 2.20 bits per heavy atom. The third-order valence-corrected chi connectivity index (χ3v) is 4.88. The maximum Gasteiger partial charge on any atom is 0.258 e. The predicted molar refractivity (Wildman–Crippen MR) is 91.1 cm³/mol.